The van der Waals surface area contributed by atoms with E-state index in [1.807, 2.05) is 0 Å². The van der Waals surface area contributed by atoms with Crippen molar-refractivity contribution in [3.63, 3.8) is 0 Å². The van der Waals surface area contributed by atoms with Crippen LogP contribution in [0.15, 0.2) is 54.6 Å². The molecule has 2 aromatic rings. The summed E-state index contributed by atoms with van der Waals surface area (Å²) in [7, 11) is 0. The summed E-state index contributed by atoms with van der Waals surface area (Å²) in [5.41, 5.74) is 7.26. The van der Waals surface area contributed by atoms with Crippen molar-refractivity contribution in [3.05, 3.63) is 65.7 Å². The zero-order valence-corrected chi connectivity index (χ0v) is 22.7. The lowest BCUT2D eigenvalue weighted by Crippen LogP contribution is -2.10. The molecule has 1 atom stereocenters. The Labute approximate surface area is 216 Å². The van der Waals surface area contributed by atoms with Gasteiger partial charge in [0.1, 0.15) is 0 Å². The van der Waals surface area contributed by atoms with Crippen molar-refractivity contribution >= 4 is 5.57 Å². The van der Waals surface area contributed by atoms with Crippen LogP contribution in [-0.4, -0.2) is 0 Å². The summed E-state index contributed by atoms with van der Waals surface area (Å²) < 4.78 is 0. The lowest BCUT2D eigenvalue weighted by molar-refractivity contribution is 0.348. The predicted molar refractivity (Wildman–Crippen MR) is 155 cm³/mol. The van der Waals surface area contributed by atoms with Gasteiger partial charge in [-0.25, -0.2) is 0 Å². The van der Waals surface area contributed by atoms with E-state index in [2.05, 4.69) is 68.5 Å². The summed E-state index contributed by atoms with van der Waals surface area (Å²) >= 11 is 0. The molecule has 1 unspecified atom stereocenters. The maximum atomic E-state index is 2.55. The van der Waals surface area contributed by atoms with Crippen LogP contribution < -0.4 is 0 Å². The van der Waals surface area contributed by atoms with E-state index in [0.29, 0.717) is 0 Å². The first-order valence-electron chi connectivity index (χ1n) is 15.1. The first kappa shape index (κ1) is 26.2. The Kier molecular flexibility index (Phi) is 10.5. The zero-order valence-electron chi connectivity index (χ0n) is 22.7. The fourth-order valence-electron chi connectivity index (χ4n) is 6.40. The van der Waals surface area contributed by atoms with E-state index in [4.69, 9.17) is 0 Å². The van der Waals surface area contributed by atoms with Crippen molar-refractivity contribution in [2.24, 2.45) is 11.8 Å². The molecular formula is C35H50. The van der Waals surface area contributed by atoms with Gasteiger partial charge in [0.25, 0.3) is 0 Å². The molecule has 0 radical (unpaired) electrons. The van der Waals surface area contributed by atoms with Crippen LogP contribution in [0.3, 0.4) is 0 Å². The number of allylic oxidation sites excluding steroid dienone is 2. The Bertz CT molecular complexity index is 877. The highest BCUT2D eigenvalue weighted by atomic mass is 14.2. The van der Waals surface area contributed by atoms with Crippen molar-refractivity contribution in [1.82, 2.24) is 0 Å². The molecule has 35 heavy (non-hydrogen) atoms. The van der Waals surface area contributed by atoms with Crippen LogP contribution in [0, 0.1) is 11.8 Å². The summed E-state index contributed by atoms with van der Waals surface area (Å²) in [6.45, 7) is 4.71. The SMILES string of the molecule is CCCCCCCCCCC1CC=C(c2ccc(-c3ccc([C@H]4CC[C@H](C)CC4)cc3)cc2)CC1. The van der Waals surface area contributed by atoms with Crippen molar-refractivity contribution in [1.29, 1.82) is 0 Å². The average Bonchev–Trinajstić information content (AvgIpc) is 2.91. The predicted octanol–water partition coefficient (Wildman–Crippen LogP) is 11.4. The van der Waals surface area contributed by atoms with Gasteiger partial charge in [0, 0.05) is 0 Å². The van der Waals surface area contributed by atoms with Crippen molar-refractivity contribution < 1.29 is 0 Å². The summed E-state index contributed by atoms with van der Waals surface area (Å²) in [6.07, 6.45) is 24.9. The van der Waals surface area contributed by atoms with Gasteiger partial charge < -0.3 is 0 Å². The molecule has 0 N–H and O–H groups in total. The summed E-state index contributed by atoms with van der Waals surface area (Å²) in [5.74, 6) is 2.62. The van der Waals surface area contributed by atoms with Crippen molar-refractivity contribution in [2.75, 3.05) is 0 Å². The molecule has 0 spiro atoms. The fourth-order valence-corrected chi connectivity index (χ4v) is 6.40. The standard InChI is InChI=1S/C35H50/c1-3-4-5-6-7-8-9-10-11-29-14-18-31(19-15-29)33-22-26-35(27-23-33)34-24-20-32(21-25-34)30-16-12-28(2)13-17-30/h18,20-30H,3-17,19H2,1-2H3/t28-,29?,30-. The molecule has 0 bridgehead atoms. The Morgan fingerprint density at radius 1 is 0.629 bits per heavy atom. The van der Waals surface area contributed by atoms with Gasteiger partial charge in [-0.15, -0.1) is 0 Å². The molecule has 190 valence electrons. The van der Waals surface area contributed by atoms with Crippen LogP contribution in [-0.2, 0) is 0 Å². The van der Waals surface area contributed by atoms with E-state index in [0.717, 1.165) is 17.8 Å². The van der Waals surface area contributed by atoms with Gasteiger partial charge >= 0.3 is 0 Å². The monoisotopic (exact) mass is 470 g/mol. The second-order valence-electron chi connectivity index (χ2n) is 11.8. The molecule has 1 saturated carbocycles. The van der Waals surface area contributed by atoms with Crippen LogP contribution in [0.25, 0.3) is 16.7 Å². The molecule has 0 heterocycles. The first-order chi connectivity index (χ1) is 17.2. The van der Waals surface area contributed by atoms with Crippen molar-refractivity contribution in [2.45, 2.75) is 122 Å². The largest absolute Gasteiger partial charge is 0.0804 e. The fraction of sp³-hybridized carbons (Fsp3) is 0.600. The van der Waals surface area contributed by atoms with Crippen LogP contribution in [0.2, 0.25) is 0 Å². The average molecular weight is 471 g/mol. The molecule has 2 aromatic carbocycles. The van der Waals surface area contributed by atoms with Gasteiger partial charge in [-0.05, 0) is 77.7 Å². The molecule has 0 amide bonds. The molecule has 0 aromatic heterocycles. The van der Waals surface area contributed by atoms with E-state index in [9.17, 15) is 0 Å². The molecule has 0 aliphatic heterocycles. The topological polar surface area (TPSA) is 0 Å². The Morgan fingerprint density at radius 3 is 1.80 bits per heavy atom. The highest BCUT2D eigenvalue weighted by Crippen LogP contribution is 2.37. The minimum Gasteiger partial charge on any atom is -0.0804 e. The number of hydrogen-bond donors (Lipinski definition) is 0. The second kappa shape index (κ2) is 14.1. The Hall–Kier alpha value is -1.82. The molecular weight excluding hydrogens is 420 g/mol. The quantitative estimate of drug-likeness (QED) is 0.270. The zero-order chi connectivity index (χ0) is 24.3. The van der Waals surface area contributed by atoms with Crippen LogP contribution in [0.5, 0.6) is 0 Å². The molecule has 1 fully saturated rings. The number of unbranched alkanes of at least 4 members (excludes halogenated alkanes) is 7. The smallest absolute Gasteiger partial charge is 0.0162 e. The van der Waals surface area contributed by atoms with E-state index in [-0.39, 0.29) is 0 Å². The maximum Gasteiger partial charge on any atom is -0.0162 e. The van der Waals surface area contributed by atoms with Crippen LogP contribution in [0.1, 0.15) is 134 Å². The highest BCUT2D eigenvalue weighted by Gasteiger charge is 2.19. The van der Waals surface area contributed by atoms with E-state index in [1.54, 1.807) is 11.1 Å². The van der Waals surface area contributed by atoms with Crippen LogP contribution in [0.4, 0.5) is 0 Å². The molecule has 2 aliphatic rings. The van der Waals surface area contributed by atoms with Gasteiger partial charge in [-0.1, -0.05) is 139 Å². The van der Waals surface area contributed by atoms with Crippen molar-refractivity contribution in [3.8, 4) is 11.1 Å². The third-order valence-electron chi connectivity index (χ3n) is 8.97. The van der Waals surface area contributed by atoms with Gasteiger partial charge in [-0.2, -0.15) is 0 Å². The Balaban J connectivity index is 1.21. The minimum atomic E-state index is 0.778. The van der Waals surface area contributed by atoms with Gasteiger partial charge in [0.2, 0.25) is 0 Å². The highest BCUT2D eigenvalue weighted by molar-refractivity contribution is 5.71. The molecule has 0 heteroatoms. The molecule has 2 aliphatic carbocycles. The summed E-state index contributed by atoms with van der Waals surface area (Å²) in [6, 6.07) is 18.9. The minimum absolute atomic E-state index is 0.778. The normalized spacial score (nSPS) is 22.7. The maximum absolute atomic E-state index is 2.55. The van der Waals surface area contributed by atoms with Crippen LogP contribution >= 0.6 is 0 Å². The second-order valence-corrected chi connectivity index (χ2v) is 11.8. The molecule has 0 saturated heterocycles. The Morgan fingerprint density at radius 2 is 1.20 bits per heavy atom. The summed E-state index contributed by atoms with van der Waals surface area (Å²) in [4.78, 5) is 0. The van der Waals surface area contributed by atoms with E-state index in [1.165, 1.54) is 119 Å². The lowest BCUT2D eigenvalue weighted by atomic mass is 9.79. The molecule has 4 rings (SSSR count). The molecule has 0 nitrogen and oxygen atoms in total. The third-order valence-corrected chi connectivity index (χ3v) is 8.97. The summed E-state index contributed by atoms with van der Waals surface area (Å²) in [5, 5.41) is 0. The number of hydrogen-bond acceptors (Lipinski definition) is 0. The van der Waals surface area contributed by atoms with Gasteiger partial charge in [0.05, 0.1) is 0 Å². The number of benzene rings is 2. The van der Waals surface area contributed by atoms with Gasteiger partial charge in [-0.3, -0.25) is 0 Å². The van der Waals surface area contributed by atoms with E-state index >= 15 is 0 Å². The number of rotatable bonds is 12. The first-order valence-corrected chi connectivity index (χ1v) is 15.1. The lowest BCUT2D eigenvalue weighted by Gasteiger charge is -2.26. The van der Waals surface area contributed by atoms with Gasteiger partial charge in [0.15, 0.2) is 0 Å². The third kappa shape index (κ3) is 8.09. The van der Waals surface area contributed by atoms with E-state index < -0.39 is 0 Å².